The molecule has 0 aliphatic heterocycles. The predicted molar refractivity (Wildman–Crippen MR) is 162 cm³/mol. The van der Waals surface area contributed by atoms with Crippen molar-refractivity contribution in [1.82, 2.24) is 9.66 Å². The van der Waals surface area contributed by atoms with Crippen molar-refractivity contribution < 1.29 is 18.7 Å². The van der Waals surface area contributed by atoms with Crippen LogP contribution in [-0.4, -0.2) is 35.5 Å². The summed E-state index contributed by atoms with van der Waals surface area (Å²) < 4.78 is 26.1. The number of hydrogen-bond acceptors (Lipinski definition) is 6. The van der Waals surface area contributed by atoms with Crippen LogP contribution < -0.4 is 20.3 Å². The van der Waals surface area contributed by atoms with Gasteiger partial charge >= 0.3 is 0 Å². The van der Waals surface area contributed by atoms with Crippen LogP contribution in [0.25, 0.3) is 10.9 Å². The lowest BCUT2D eigenvalue weighted by molar-refractivity contribution is -0.118. The van der Waals surface area contributed by atoms with Gasteiger partial charge < -0.3 is 14.8 Å². The molecular weight excluding hydrogens is 535 g/mol. The number of hydrogen-bond donors (Lipinski definition) is 1. The van der Waals surface area contributed by atoms with Gasteiger partial charge in [0.1, 0.15) is 11.6 Å². The molecule has 0 atom stereocenters. The van der Waals surface area contributed by atoms with E-state index in [0.717, 1.165) is 31.2 Å². The van der Waals surface area contributed by atoms with Gasteiger partial charge in [0.2, 0.25) is 0 Å². The van der Waals surface area contributed by atoms with E-state index in [2.05, 4.69) is 17.0 Å². The number of amides is 1. The van der Waals surface area contributed by atoms with E-state index in [0.29, 0.717) is 45.9 Å². The Hall–Kier alpha value is -4.79. The Bertz CT molecular complexity index is 1670. The molecule has 8 nitrogen and oxygen atoms in total. The molecule has 0 saturated heterocycles. The molecule has 216 valence electrons. The number of aromatic nitrogens is 2. The van der Waals surface area contributed by atoms with Gasteiger partial charge in [-0.3, -0.25) is 9.59 Å². The van der Waals surface area contributed by atoms with Crippen LogP contribution in [0.3, 0.4) is 0 Å². The van der Waals surface area contributed by atoms with Gasteiger partial charge in [-0.1, -0.05) is 37.5 Å². The zero-order valence-electron chi connectivity index (χ0n) is 23.5. The van der Waals surface area contributed by atoms with E-state index in [4.69, 9.17) is 14.5 Å². The third-order valence-corrected chi connectivity index (χ3v) is 7.29. The Kier molecular flexibility index (Phi) is 9.06. The van der Waals surface area contributed by atoms with E-state index in [1.54, 1.807) is 24.4 Å². The molecule has 0 unspecified atom stereocenters. The molecule has 0 spiro atoms. The van der Waals surface area contributed by atoms with Gasteiger partial charge in [0.15, 0.2) is 18.1 Å². The number of para-hydroxylation sites is 1. The first kappa shape index (κ1) is 28.7. The summed E-state index contributed by atoms with van der Waals surface area (Å²) in [6.45, 7) is 3.56. The molecule has 1 saturated carbocycles. The number of allylic oxidation sites excluding steroid dienone is 1. The van der Waals surface area contributed by atoms with Crippen molar-refractivity contribution in [3.05, 3.63) is 106 Å². The van der Waals surface area contributed by atoms with Crippen molar-refractivity contribution in [2.75, 3.05) is 19.0 Å². The first-order valence-corrected chi connectivity index (χ1v) is 14.0. The van der Waals surface area contributed by atoms with Crippen LogP contribution in [-0.2, 0) is 11.2 Å². The summed E-state index contributed by atoms with van der Waals surface area (Å²) in [4.78, 5) is 30.9. The summed E-state index contributed by atoms with van der Waals surface area (Å²) >= 11 is 0. The highest BCUT2D eigenvalue weighted by atomic mass is 19.1. The second-order valence-corrected chi connectivity index (χ2v) is 10.2. The molecule has 1 aliphatic carbocycles. The van der Waals surface area contributed by atoms with Crippen molar-refractivity contribution in [2.24, 2.45) is 5.10 Å². The molecule has 3 aromatic carbocycles. The monoisotopic (exact) mass is 568 g/mol. The summed E-state index contributed by atoms with van der Waals surface area (Å²) in [5.74, 6) is 0.852. The highest BCUT2D eigenvalue weighted by Gasteiger charge is 2.22. The van der Waals surface area contributed by atoms with Crippen LogP contribution in [0.5, 0.6) is 11.5 Å². The van der Waals surface area contributed by atoms with Crippen LogP contribution in [0, 0.1) is 5.82 Å². The zero-order chi connectivity index (χ0) is 29.5. The van der Waals surface area contributed by atoms with Gasteiger partial charge in [0.25, 0.3) is 11.5 Å². The Morgan fingerprint density at radius 2 is 1.90 bits per heavy atom. The van der Waals surface area contributed by atoms with Crippen LogP contribution in [0.4, 0.5) is 10.1 Å². The predicted octanol–water partition coefficient (Wildman–Crippen LogP) is 6.22. The van der Waals surface area contributed by atoms with Crippen molar-refractivity contribution in [3.8, 4) is 11.5 Å². The second-order valence-electron chi connectivity index (χ2n) is 10.2. The Balaban J connectivity index is 1.44. The lowest BCUT2D eigenvalue weighted by Gasteiger charge is -2.22. The lowest BCUT2D eigenvalue weighted by Crippen LogP contribution is -2.25. The van der Waals surface area contributed by atoms with Crippen molar-refractivity contribution in [3.63, 3.8) is 0 Å². The Morgan fingerprint density at radius 3 is 2.64 bits per heavy atom. The molecule has 1 aliphatic rings. The number of halogens is 1. The molecule has 1 fully saturated rings. The smallest absolute Gasteiger partial charge is 0.282 e. The van der Waals surface area contributed by atoms with Crippen LogP contribution >= 0.6 is 0 Å². The van der Waals surface area contributed by atoms with Gasteiger partial charge in [-0.05, 0) is 73.4 Å². The van der Waals surface area contributed by atoms with Crippen molar-refractivity contribution in [2.45, 2.75) is 44.4 Å². The standard InChI is InChI=1S/C33H33FN4O4/c1-3-9-24-18-22(19-29(41-2)31(24)42-21-30(39)36-26-16-14-25(34)15-17-26)20-35-38-32(23-10-5-4-6-11-23)37-28-13-8-7-12-27(28)33(38)40/h3,7-8,12-20,23H,1,4-6,9-11,21H2,2H3,(H,36,39). The maximum absolute atomic E-state index is 13.6. The van der Waals surface area contributed by atoms with E-state index in [1.165, 1.54) is 42.5 Å². The lowest BCUT2D eigenvalue weighted by atomic mass is 9.88. The second kappa shape index (κ2) is 13.2. The third-order valence-electron chi connectivity index (χ3n) is 7.29. The molecule has 1 aromatic heterocycles. The minimum atomic E-state index is -0.405. The van der Waals surface area contributed by atoms with Gasteiger partial charge in [0.05, 0.1) is 24.2 Å². The molecule has 42 heavy (non-hydrogen) atoms. The molecule has 4 aromatic rings. The topological polar surface area (TPSA) is 94.8 Å². The van der Waals surface area contributed by atoms with Gasteiger partial charge in [-0.15, -0.1) is 6.58 Å². The molecule has 5 rings (SSSR count). The number of anilines is 1. The molecule has 9 heteroatoms. The summed E-state index contributed by atoms with van der Waals surface area (Å²) in [6, 6.07) is 16.4. The average Bonchev–Trinajstić information content (AvgIpc) is 3.01. The molecule has 1 N–H and O–H groups in total. The number of nitrogens with zero attached hydrogens (tertiary/aromatic N) is 3. The quantitative estimate of drug-likeness (QED) is 0.181. The number of carbonyl (C=O) groups excluding carboxylic acids is 1. The largest absolute Gasteiger partial charge is 0.493 e. The number of methoxy groups -OCH3 is 1. The number of carbonyl (C=O) groups is 1. The maximum atomic E-state index is 13.6. The molecular formula is C33H33FN4O4. The minimum Gasteiger partial charge on any atom is -0.493 e. The fourth-order valence-electron chi connectivity index (χ4n) is 5.25. The van der Waals surface area contributed by atoms with E-state index in [1.807, 2.05) is 24.3 Å². The minimum absolute atomic E-state index is 0.163. The maximum Gasteiger partial charge on any atom is 0.282 e. The summed E-state index contributed by atoms with van der Waals surface area (Å²) in [7, 11) is 1.51. The van der Waals surface area contributed by atoms with Crippen molar-refractivity contribution >= 4 is 28.7 Å². The first-order valence-electron chi connectivity index (χ1n) is 14.0. The molecule has 0 bridgehead atoms. The molecule has 1 amide bonds. The summed E-state index contributed by atoms with van der Waals surface area (Å²) in [5, 5.41) is 7.83. The zero-order valence-corrected chi connectivity index (χ0v) is 23.5. The summed E-state index contributed by atoms with van der Waals surface area (Å²) in [5.41, 5.74) is 2.34. The number of nitrogens with one attached hydrogen (secondary N) is 1. The normalized spacial score (nSPS) is 13.8. The van der Waals surface area contributed by atoms with E-state index < -0.39 is 11.7 Å². The SMILES string of the molecule is C=CCc1cc(C=Nn2c(C3CCCCC3)nc3ccccc3c2=O)cc(OC)c1OCC(=O)Nc1ccc(F)cc1. The Labute approximate surface area is 243 Å². The first-order chi connectivity index (χ1) is 20.5. The van der Waals surface area contributed by atoms with Gasteiger partial charge in [-0.25, -0.2) is 9.37 Å². The Morgan fingerprint density at radius 1 is 1.14 bits per heavy atom. The number of fused-ring (bicyclic) bond motifs is 1. The van der Waals surface area contributed by atoms with Crippen LogP contribution in [0.15, 0.2) is 83.2 Å². The van der Waals surface area contributed by atoms with E-state index in [9.17, 15) is 14.0 Å². The average molecular weight is 569 g/mol. The van der Waals surface area contributed by atoms with Crippen molar-refractivity contribution in [1.29, 1.82) is 0 Å². The van der Waals surface area contributed by atoms with E-state index in [-0.39, 0.29) is 18.1 Å². The molecule has 1 heterocycles. The fourth-order valence-corrected chi connectivity index (χ4v) is 5.25. The van der Waals surface area contributed by atoms with Gasteiger partial charge in [0, 0.05) is 17.2 Å². The fraction of sp³-hybridized carbons (Fsp3) is 0.273. The highest BCUT2D eigenvalue weighted by molar-refractivity contribution is 5.92. The number of ether oxygens (including phenoxy) is 2. The van der Waals surface area contributed by atoms with Crippen LogP contribution in [0.2, 0.25) is 0 Å². The molecule has 0 radical (unpaired) electrons. The number of rotatable bonds is 10. The number of benzene rings is 3. The third kappa shape index (κ3) is 6.57. The van der Waals surface area contributed by atoms with Gasteiger partial charge in [-0.2, -0.15) is 9.78 Å². The highest BCUT2D eigenvalue weighted by Crippen LogP contribution is 2.34. The summed E-state index contributed by atoms with van der Waals surface area (Å²) in [6.07, 6.45) is 9.11. The van der Waals surface area contributed by atoms with Crippen LogP contribution in [0.1, 0.15) is 55.0 Å². The van der Waals surface area contributed by atoms with E-state index >= 15 is 0 Å².